The summed E-state index contributed by atoms with van der Waals surface area (Å²) in [5.74, 6) is -0.215. The highest BCUT2D eigenvalue weighted by molar-refractivity contribution is 7.80. The van der Waals surface area contributed by atoms with E-state index in [2.05, 4.69) is 21.2 Å². The smallest absolute Gasteiger partial charge is 0.258 e. The van der Waals surface area contributed by atoms with Gasteiger partial charge in [-0.3, -0.25) is 15.6 Å². The Kier molecular flexibility index (Phi) is 4.95. The number of hydrazine groups is 1. The van der Waals surface area contributed by atoms with Gasteiger partial charge in [0.15, 0.2) is 5.11 Å². The van der Waals surface area contributed by atoms with Crippen LogP contribution in [0.25, 0.3) is 11.0 Å². The lowest BCUT2D eigenvalue weighted by molar-refractivity contribution is -0.122. The van der Waals surface area contributed by atoms with E-state index in [4.69, 9.17) is 12.2 Å². The van der Waals surface area contributed by atoms with E-state index in [0.717, 1.165) is 27.8 Å². The predicted molar refractivity (Wildman–Crippen MR) is 103 cm³/mol. The highest BCUT2D eigenvalue weighted by Gasteiger charge is 2.07. The molecule has 6 nitrogen and oxygen atoms in total. The van der Waals surface area contributed by atoms with Gasteiger partial charge in [0.05, 0.1) is 17.4 Å². The second-order valence-electron chi connectivity index (χ2n) is 5.81. The van der Waals surface area contributed by atoms with Gasteiger partial charge in [-0.1, -0.05) is 24.3 Å². The Bertz CT molecular complexity index is 934. The second-order valence-corrected chi connectivity index (χ2v) is 6.22. The number of amides is 1. The van der Waals surface area contributed by atoms with Crippen LogP contribution in [-0.4, -0.2) is 20.6 Å². The molecule has 3 rings (SSSR count). The molecule has 0 aliphatic heterocycles. The molecule has 0 aliphatic rings. The molecular weight excluding hydrogens is 334 g/mol. The molecule has 0 spiro atoms. The van der Waals surface area contributed by atoms with Gasteiger partial charge in [0, 0.05) is 5.69 Å². The molecule has 3 N–H and O–H groups in total. The van der Waals surface area contributed by atoms with E-state index in [1.165, 1.54) is 0 Å². The van der Waals surface area contributed by atoms with Crippen LogP contribution in [0, 0.1) is 13.8 Å². The van der Waals surface area contributed by atoms with Crippen LogP contribution < -0.4 is 16.2 Å². The van der Waals surface area contributed by atoms with E-state index >= 15 is 0 Å². The first kappa shape index (κ1) is 16.9. The molecule has 0 saturated heterocycles. The van der Waals surface area contributed by atoms with E-state index in [-0.39, 0.29) is 12.5 Å². The zero-order chi connectivity index (χ0) is 17.8. The number of hydrogen-bond donors (Lipinski definition) is 3. The molecule has 0 unspecified atom stereocenters. The van der Waals surface area contributed by atoms with E-state index in [1.807, 2.05) is 56.3 Å². The number of aryl methyl sites for hydroxylation is 2. The molecule has 0 bridgehead atoms. The number of rotatable bonds is 3. The first-order valence-electron chi connectivity index (χ1n) is 7.86. The number of nitrogens with one attached hydrogen (secondary N) is 3. The molecule has 0 atom stereocenters. The van der Waals surface area contributed by atoms with Crippen molar-refractivity contribution in [3.63, 3.8) is 0 Å². The van der Waals surface area contributed by atoms with Crippen LogP contribution in [-0.2, 0) is 11.3 Å². The summed E-state index contributed by atoms with van der Waals surface area (Å²) in [6, 6.07) is 13.7. The fraction of sp³-hybridized carbons (Fsp3) is 0.167. The normalized spacial score (nSPS) is 10.5. The number of benzene rings is 2. The van der Waals surface area contributed by atoms with Crippen molar-refractivity contribution in [2.75, 3.05) is 5.32 Å². The van der Waals surface area contributed by atoms with E-state index in [9.17, 15) is 4.79 Å². The third-order valence-corrected chi connectivity index (χ3v) is 4.00. The maximum absolute atomic E-state index is 12.1. The van der Waals surface area contributed by atoms with Gasteiger partial charge in [-0.2, -0.15) is 0 Å². The molecule has 128 valence electrons. The molecule has 3 aromatic rings. The number of carbonyl (C=O) groups excluding carboxylic acids is 1. The molecule has 7 heteroatoms. The van der Waals surface area contributed by atoms with Crippen molar-refractivity contribution in [1.29, 1.82) is 0 Å². The first-order valence-corrected chi connectivity index (χ1v) is 8.27. The van der Waals surface area contributed by atoms with Crippen molar-refractivity contribution < 1.29 is 4.79 Å². The topological polar surface area (TPSA) is 71.0 Å². The largest absolute Gasteiger partial charge is 0.331 e. The van der Waals surface area contributed by atoms with Crippen LogP contribution in [0.2, 0.25) is 0 Å². The van der Waals surface area contributed by atoms with Gasteiger partial charge in [-0.25, -0.2) is 4.98 Å². The maximum Gasteiger partial charge on any atom is 0.258 e. The summed E-state index contributed by atoms with van der Waals surface area (Å²) in [7, 11) is 0. The Labute approximate surface area is 151 Å². The van der Waals surface area contributed by atoms with Crippen molar-refractivity contribution in [3.05, 3.63) is 59.9 Å². The van der Waals surface area contributed by atoms with Crippen molar-refractivity contribution in [2.45, 2.75) is 20.4 Å². The Morgan fingerprint density at radius 2 is 1.96 bits per heavy atom. The fourth-order valence-corrected chi connectivity index (χ4v) is 2.64. The van der Waals surface area contributed by atoms with E-state index in [0.29, 0.717) is 5.11 Å². The highest BCUT2D eigenvalue weighted by Crippen LogP contribution is 2.16. The summed E-state index contributed by atoms with van der Waals surface area (Å²) in [5, 5.41) is 3.41. The lowest BCUT2D eigenvalue weighted by atomic mass is 10.1. The number of nitrogens with zero attached hydrogens (tertiary/aromatic N) is 2. The Balaban J connectivity index is 1.55. The van der Waals surface area contributed by atoms with Crippen molar-refractivity contribution in [2.24, 2.45) is 0 Å². The maximum atomic E-state index is 12.1. The Hall–Kier alpha value is -2.93. The molecule has 0 saturated carbocycles. The number of thiocarbonyl (C=S) groups is 1. The SMILES string of the molecule is Cc1ccc(C)c(NC(=S)NNC(=O)Cn2cnc3ccccc32)c1. The van der Waals surface area contributed by atoms with E-state index in [1.54, 1.807) is 10.9 Å². The molecule has 0 fully saturated rings. The number of imidazole rings is 1. The van der Waals surface area contributed by atoms with Gasteiger partial charge in [-0.05, 0) is 55.4 Å². The minimum absolute atomic E-state index is 0.152. The quantitative estimate of drug-likeness (QED) is 0.499. The number of fused-ring (bicyclic) bond motifs is 1. The molecule has 2 aromatic carbocycles. The number of aromatic nitrogens is 2. The Morgan fingerprint density at radius 1 is 1.16 bits per heavy atom. The lowest BCUT2D eigenvalue weighted by Gasteiger charge is -2.14. The van der Waals surface area contributed by atoms with Gasteiger partial charge in [0.1, 0.15) is 6.54 Å². The van der Waals surface area contributed by atoms with Gasteiger partial charge in [0.25, 0.3) is 5.91 Å². The number of para-hydroxylation sites is 2. The minimum atomic E-state index is -0.215. The average Bonchev–Trinajstić information content (AvgIpc) is 2.99. The number of anilines is 1. The van der Waals surface area contributed by atoms with Gasteiger partial charge >= 0.3 is 0 Å². The predicted octanol–water partition coefficient (Wildman–Crippen LogP) is 2.67. The van der Waals surface area contributed by atoms with Crippen molar-refractivity contribution in [1.82, 2.24) is 20.4 Å². The summed E-state index contributed by atoms with van der Waals surface area (Å²) in [5.41, 5.74) is 10.2. The molecular formula is C18H19N5OS. The van der Waals surface area contributed by atoms with Crippen LogP contribution in [0.5, 0.6) is 0 Å². The molecule has 0 radical (unpaired) electrons. The summed E-state index contributed by atoms with van der Waals surface area (Å²) in [6.07, 6.45) is 1.65. The molecule has 25 heavy (non-hydrogen) atoms. The molecule has 1 aromatic heterocycles. The van der Waals surface area contributed by atoms with Crippen LogP contribution in [0.1, 0.15) is 11.1 Å². The summed E-state index contributed by atoms with van der Waals surface area (Å²) >= 11 is 5.23. The number of carbonyl (C=O) groups is 1. The highest BCUT2D eigenvalue weighted by atomic mass is 32.1. The third kappa shape index (κ3) is 4.13. The van der Waals surface area contributed by atoms with Crippen LogP contribution in [0.4, 0.5) is 5.69 Å². The first-order chi connectivity index (χ1) is 12.0. The second kappa shape index (κ2) is 7.31. The molecule has 0 aliphatic carbocycles. The third-order valence-electron chi connectivity index (χ3n) is 3.80. The zero-order valence-corrected chi connectivity index (χ0v) is 14.9. The van der Waals surface area contributed by atoms with Crippen LogP contribution in [0.3, 0.4) is 0 Å². The van der Waals surface area contributed by atoms with Gasteiger partial charge in [-0.15, -0.1) is 0 Å². The van der Waals surface area contributed by atoms with Crippen LogP contribution in [0.15, 0.2) is 48.8 Å². The molecule has 1 amide bonds. The van der Waals surface area contributed by atoms with Crippen LogP contribution >= 0.6 is 12.2 Å². The van der Waals surface area contributed by atoms with Crippen molar-refractivity contribution in [3.8, 4) is 0 Å². The van der Waals surface area contributed by atoms with Gasteiger partial charge in [0.2, 0.25) is 0 Å². The van der Waals surface area contributed by atoms with Gasteiger partial charge < -0.3 is 9.88 Å². The van der Waals surface area contributed by atoms with E-state index < -0.39 is 0 Å². The monoisotopic (exact) mass is 353 g/mol. The Morgan fingerprint density at radius 3 is 2.80 bits per heavy atom. The summed E-state index contributed by atoms with van der Waals surface area (Å²) < 4.78 is 1.79. The zero-order valence-electron chi connectivity index (χ0n) is 14.0. The standard InChI is InChI=1S/C18H19N5OS/c1-12-7-8-13(2)15(9-12)20-18(25)22-21-17(24)10-23-11-19-14-5-3-4-6-16(14)23/h3-9,11H,10H2,1-2H3,(H,21,24)(H2,20,22,25). The van der Waals surface area contributed by atoms with Crippen molar-refractivity contribution >= 4 is 40.0 Å². The number of hydrogen-bond acceptors (Lipinski definition) is 3. The summed E-state index contributed by atoms with van der Waals surface area (Å²) in [4.78, 5) is 16.4. The average molecular weight is 353 g/mol. The molecule has 1 heterocycles. The lowest BCUT2D eigenvalue weighted by Crippen LogP contribution is -2.45. The minimum Gasteiger partial charge on any atom is -0.331 e. The fourth-order valence-electron chi connectivity index (χ4n) is 2.48. The summed E-state index contributed by atoms with van der Waals surface area (Å²) in [6.45, 7) is 4.16.